The van der Waals surface area contributed by atoms with Gasteiger partial charge in [0.2, 0.25) is 0 Å². The normalized spacial score (nSPS) is 15.0. The fourth-order valence-corrected chi connectivity index (χ4v) is 2.93. The third-order valence-corrected chi connectivity index (χ3v) is 4.23. The number of hydrogen-bond donors (Lipinski definition) is 2. The van der Waals surface area contributed by atoms with Crippen molar-refractivity contribution in [2.45, 2.75) is 44.7 Å². The van der Waals surface area contributed by atoms with E-state index in [1.165, 1.54) is 37.7 Å². The van der Waals surface area contributed by atoms with E-state index in [2.05, 4.69) is 20.6 Å². The lowest BCUT2D eigenvalue weighted by Crippen LogP contribution is -2.42. The van der Waals surface area contributed by atoms with Gasteiger partial charge in [0, 0.05) is 11.6 Å². The first-order valence-corrected chi connectivity index (χ1v) is 8.32. The SMILES string of the molecule is O=C(NCc1cc(-c2ccc(F)cc2)ncn1)NC1CCCCC1. The van der Waals surface area contributed by atoms with Gasteiger partial charge in [-0.25, -0.2) is 19.2 Å². The minimum atomic E-state index is -0.283. The van der Waals surface area contributed by atoms with Crippen molar-refractivity contribution < 1.29 is 9.18 Å². The molecule has 5 nitrogen and oxygen atoms in total. The number of nitrogens with zero attached hydrogens (tertiary/aromatic N) is 2. The van der Waals surface area contributed by atoms with E-state index in [0.717, 1.165) is 18.4 Å². The number of amides is 2. The molecule has 1 saturated carbocycles. The molecule has 6 heteroatoms. The Labute approximate surface area is 140 Å². The van der Waals surface area contributed by atoms with Crippen LogP contribution in [0.3, 0.4) is 0 Å². The number of urea groups is 1. The molecule has 0 atom stereocenters. The summed E-state index contributed by atoms with van der Waals surface area (Å²) in [5.41, 5.74) is 2.23. The fourth-order valence-electron chi connectivity index (χ4n) is 2.93. The average Bonchev–Trinajstić information content (AvgIpc) is 2.62. The summed E-state index contributed by atoms with van der Waals surface area (Å²) in [4.78, 5) is 20.3. The molecule has 126 valence electrons. The maximum atomic E-state index is 13.0. The number of rotatable bonds is 4. The van der Waals surface area contributed by atoms with Crippen molar-refractivity contribution in [1.29, 1.82) is 0 Å². The monoisotopic (exact) mass is 328 g/mol. The molecular weight excluding hydrogens is 307 g/mol. The first-order chi connectivity index (χ1) is 11.7. The van der Waals surface area contributed by atoms with Crippen molar-refractivity contribution in [3.05, 3.63) is 48.2 Å². The molecule has 2 aromatic rings. The van der Waals surface area contributed by atoms with Crippen LogP contribution in [0.4, 0.5) is 9.18 Å². The van der Waals surface area contributed by atoms with Crippen molar-refractivity contribution in [1.82, 2.24) is 20.6 Å². The van der Waals surface area contributed by atoms with Crippen LogP contribution in [-0.2, 0) is 6.54 Å². The van der Waals surface area contributed by atoms with Gasteiger partial charge in [-0.05, 0) is 43.2 Å². The molecule has 0 unspecified atom stereocenters. The molecule has 0 aliphatic heterocycles. The topological polar surface area (TPSA) is 66.9 Å². The Morgan fingerprint density at radius 2 is 1.88 bits per heavy atom. The number of hydrogen-bond acceptors (Lipinski definition) is 3. The molecule has 0 saturated heterocycles. The van der Waals surface area contributed by atoms with Crippen LogP contribution in [0.5, 0.6) is 0 Å². The highest BCUT2D eigenvalue weighted by atomic mass is 19.1. The number of halogens is 1. The average molecular weight is 328 g/mol. The maximum Gasteiger partial charge on any atom is 0.315 e. The molecule has 0 radical (unpaired) electrons. The van der Waals surface area contributed by atoms with E-state index in [-0.39, 0.29) is 17.9 Å². The number of carbonyl (C=O) groups is 1. The van der Waals surface area contributed by atoms with E-state index in [1.54, 1.807) is 18.2 Å². The van der Waals surface area contributed by atoms with Crippen LogP contribution >= 0.6 is 0 Å². The molecule has 1 aromatic heterocycles. The lowest BCUT2D eigenvalue weighted by atomic mass is 9.96. The summed E-state index contributed by atoms with van der Waals surface area (Å²) in [7, 11) is 0. The van der Waals surface area contributed by atoms with Gasteiger partial charge in [-0.2, -0.15) is 0 Å². The standard InChI is InChI=1S/C18H21FN4O/c19-14-8-6-13(7-9-14)17-10-16(21-12-22-17)11-20-18(24)23-15-4-2-1-3-5-15/h6-10,12,15H,1-5,11H2,(H2,20,23,24). The van der Waals surface area contributed by atoms with E-state index in [0.29, 0.717) is 17.9 Å². The van der Waals surface area contributed by atoms with E-state index in [1.807, 2.05) is 0 Å². The highest BCUT2D eigenvalue weighted by Gasteiger charge is 2.15. The summed E-state index contributed by atoms with van der Waals surface area (Å²) < 4.78 is 13.0. The molecule has 1 aliphatic rings. The fraction of sp³-hybridized carbons (Fsp3) is 0.389. The molecular formula is C18H21FN4O. The zero-order valence-corrected chi connectivity index (χ0v) is 13.5. The quantitative estimate of drug-likeness (QED) is 0.904. The molecule has 2 amide bonds. The van der Waals surface area contributed by atoms with Crippen LogP contribution in [0.2, 0.25) is 0 Å². The Bertz CT molecular complexity index is 684. The van der Waals surface area contributed by atoms with Gasteiger partial charge in [-0.3, -0.25) is 0 Å². The summed E-state index contributed by atoms with van der Waals surface area (Å²) in [6.45, 7) is 0.329. The smallest absolute Gasteiger partial charge is 0.315 e. The van der Waals surface area contributed by atoms with Crippen molar-refractivity contribution in [2.75, 3.05) is 0 Å². The van der Waals surface area contributed by atoms with E-state index < -0.39 is 0 Å². The summed E-state index contributed by atoms with van der Waals surface area (Å²) in [6, 6.07) is 8.05. The van der Waals surface area contributed by atoms with Gasteiger partial charge in [0.25, 0.3) is 0 Å². The Kier molecular flexibility index (Phi) is 5.36. The second kappa shape index (κ2) is 7.86. The summed E-state index contributed by atoms with van der Waals surface area (Å²) in [5, 5.41) is 5.84. The summed E-state index contributed by atoms with van der Waals surface area (Å²) >= 11 is 0. The van der Waals surface area contributed by atoms with Crippen LogP contribution in [0.1, 0.15) is 37.8 Å². The first-order valence-electron chi connectivity index (χ1n) is 8.32. The molecule has 1 aromatic carbocycles. The van der Waals surface area contributed by atoms with E-state index in [4.69, 9.17) is 0 Å². The van der Waals surface area contributed by atoms with Crippen LogP contribution in [-0.4, -0.2) is 22.0 Å². The Hall–Kier alpha value is -2.50. The molecule has 0 bridgehead atoms. The lowest BCUT2D eigenvalue weighted by molar-refractivity contribution is 0.232. The van der Waals surface area contributed by atoms with Gasteiger partial charge >= 0.3 is 6.03 Å². The van der Waals surface area contributed by atoms with Gasteiger partial charge in [0.05, 0.1) is 17.9 Å². The van der Waals surface area contributed by atoms with Crippen molar-refractivity contribution >= 4 is 6.03 Å². The molecule has 3 rings (SSSR count). The Morgan fingerprint density at radius 1 is 1.12 bits per heavy atom. The second-order valence-electron chi connectivity index (χ2n) is 6.06. The number of nitrogens with one attached hydrogen (secondary N) is 2. The Balaban J connectivity index is 1.56. The minimum absolute atomic E-state index is 0.163. The van der Waals surface area contributed by atoms with Crippen LogP contribution in [0, 0.1) is 5.82 Å². The molecule has 1 fully saturated rings. The van der Waals surface area contributed by atoms with Crippen molar-refractivity contribution in [3.8, 4) is 11.3 Å². The van der Waals surface area contributed by atoms with Crippen LogP contribution in [0.15, 0.2) is 36.7 Å². The molecule has 1 aliphatic carbocycles. The van der Waals surface area contributed by atoms with Gasteiger partial charge in [0.15, 0.2) is 0 Å². The first kappa shape index (κ1) is 16.4. The van der Waals surface area contributed by atoms with Crippen LogP contribution < -0.4 is 10.6 Å². The molecule has 2 N–H and O–H groups in total. The van der Waals surface area contributed by atoms with E-state index in [9.17, 15) is 9.18 Å². The van der Waals surface area contributed by atoms with Crippen molar-refractivity contribution in [3.63, 3.8) is 0 Å². The Morgan fingerprint density at radius 3 is 2.62 bits per heavy atom. The van der Waals surface area contributed by atoms with Gasteiger partial charge in [-0.15, -0.1) is 0 Å². The van der Waals surface area contributed by atoms with Gasteiger partial charge in [-0.1, -0.05) is 19.3 Å². The highest BCUT2D eigenvalue weighted by Crippen LogP contribution is 2.18. The largest absolute Gasteiger partial charge is 0.335 e. The zero-order chi connectivity index (χ0) is 16.8. The number of carbonyl (C=O) groups excluding carboxylic acids is 1. The highest BCUT2D eigenvalue weighted by molar-refractivity contribution is 5.74. The predicted octanol–water partition coefficient (Wildman–Crippen LogP) is 3.41. The zero-order valence-electron chi connectivity index (χ0n) is 13.5. The van der Waals surface area contributed by atoms with Crippen LogP contribution in [0.25, 0.3) is 11.3 Å². The third kappa shape index (κ3) is 4.50. The maximum absolute atomic E-state index is 13.0. The summed E-state index contributed by atoms with van der Waals surface area (Å²) in [6.07, 6.45) is 7.17. The number of aromatic nitrogens is 2. The van der Waals surface area contributed by atoms with Crippen molar-refractivity contribution in [2.24, 2.45) is 0 Å². The molecule has 24 heavy (non-hydrogen) atoms. The number of benzene rings is 1. The molecule has 0 spiro atoms. The molecule has 1 heterocycles. The lowest BCUT2D eigenvalue weighted by Gasteiger charge is -2.22. The van der Waals surface area contributed by atoms with Gasteiger partial charge < -0.3 is 10.6 Å². The van der Waals surface area contributed by atoms with Gasteiger partial charge in [0.1, 0.15) is 12.1 Å². The van der Waals surface area contributed by atoms with E-state index >= 15 is 0 Å². The second-order valence-corrected chi connectivity index (χ2v) is 6.06. The third-order valence-electron chi connectivity index (χ3n) is 4.23. The summed E-state index contributed by atoms with van der Waals surface area (Å²) in [5.74, 6) is -0.283. The minimum Gasteiger partial charge on any atom is -0.335 e. The predicted molar refractivity (Wildman–Crippen MR) is 89.7 cm³/mol.